The Kier molecular flexibility index (Phi) is 125000. The molecule has 1 radical (unpaired) electrons. The third kappa shape index (κ3) is 493. The zero-order valence-corrected chi connectivity index (χ0v) is 7.56. The minimum absolute atomic E-state index is 0. The smallest absolute Gasteiger partial charge is 0 e. The summed E-state index contributed by atoms with van der Waals surface area (Å²) in [4.78, 5) is 0. The summed E-state index contributed by atoms with van der Waals surface area (Å²) >= 11 is 0. The van der Waals surface area contributed by atoms with Gasteiger partial charge >= 0.3 is 0 Å². The molecule has 0 aromatic rings. The van der Waals surface area contributed by atoms with Crippen LogP contribution in [0.5, 0.6) is 0 Å². The molecule has 0 nitrogen and oxygen atoms in total. The first-order valence-electron chi connectivity index (χ1n) is 0. The van der Waals surface area contributed by atoms with Crippen molar-refractivity contribution in [2.75, 3.05) is 0 Å². The van der Waals surface area contributed by atoms with Gasteiger partial charge in [0.1, 0.15) is 0 Å². The summed E-state index contributed by atoms with van der Waals surface area (Å²) in [6, 6.07) is 0. The molecule has 0 spiro atoms. The molecular formula is C6H18Mn-6. The number of hydrogen-bond donors (Lipinski definition) is 0. The Morgan fingerprint density at radius 1 is 0.286 bits per heavy atom. The molecule has 1 heteroatoms. The summed E-state index contributed by atoms with van der Waals surface area (Å²) < 4.78 is 0. The van der Waals surface area contributed by atoms with Gasteiger partial charge in [-0.25, -0.2) is 0 Å². The zero-order chi connectivity index (χ0) is 0. The third-order valence-electron chi connectivity index (χ3n) is 0. The van der Waals surface area contributed by atoms with Gasteiger partial charge in [0.15, 0.2) is 0 Å². The SMILES string of the molecule is [CH3-].[CH3-].[CH3-].[CH3-].[CH3-].[CH3-].[Mn]. The fraction of sp³-hybridized carbons (Fsp3) is 0. The van der Waals surface area contributed by atoms with Crippen LogP contribution in [0.4, 0.5) is 0 Å². The Balaban J connectivity index is 0. The molecule has 7 heavy (non-hydrogen) atoms. The van der Waals surface area contributed by atoms with Crippen LogP contribution in [-0.2, 0) is 17.1 Å². The third-order valence-corrected chi connectivity index (χ3v) is 0. The van der Waals surface area contributed by atoms with Crippen LogP contribution >= 0.6 is 0 Å². The normalized spacial score (nSPS) is 0. The zero-order valence-electron chi connectivity index (χ0n) is 6.38. The molecule has 0 aromatic heterocycles. The number of rotatable bonds is 0. The molecule has 0 bridgehead atoms. The van der Waals surface area contributed by atoms with Crippen LogP contribution in [0.15, 0.2) is 0 Å². The van der Waals surface area contributed by atoms with Crippen molar-refractivity contribution in [3.63, 3.8) is 0 Å². The van der Waals surface area contributed by atoms with Gasteiger partial charge in [-0.15, -0.1) is 0 Å². The Morgan fingerprint density at radius 2 is 0.286 bits per heavy atom. The van der Waals surface area contributed by atoms with Crippen LogP contribution in [0.25, 0.3) is 0 Å². The first-order valence-corrected chi connectivity index (χ1v) is 0. The summed E-state index contributed by atoms with van der Waals surface area (Å²) in [5, 5.41) is 0. The van der Waals surface area contributed by atoms with E-state index in [9.17, 15) is 0 Å². The second-order valence-corrected chi connectivity index (χ2v) is 0. The predicted octanol–water partition coefficient (Wildman–Crippen LogP) is 2.70. The van der Waals surface area contributed by atoms with Gasteiger partial charge in [-0.1, -0.05) is 0 Å². The van der Waals surface area contributed by atoms with Crippen LogP contribution in [0.1, 0.15) is 0 Å². The Bertz CT molecular complexity index is 4.14. The summed E-state index contributed by atoms with van der Waals surface area (Å²) in [5.74, 6) is 0. The largest absolute Gasteiger partial charge is 0.358 e. The summed E-state index contributed by atoms with van der Waals surface area (Å²) in [5.41, 5.74) is 0. The average molecular weight is 145 g/mol. The standard InChI is InChI=1S/6CH3.Mn/h6*1H3;/q6*-1;. The van der Waals surface area contributed by atoms with Gasteiger partial charge < -0.3 is 44.6 Å². The van der Waals surface area contributed by atoms with Crippen molar-refractivity contribution in [1.29, 1.82) is 0 Å². The fourth-order valence-corrected chi connectivity index (χ4v) is 0. The maximum atomic E-state index is 0. The van der Waals surface area contributed by atoms with Crippen molar-refractivity contribution in [3.05, 3.63) is 44.6 Å². The van der Waals surface area contributed by atoms with E-state index in [4.69, 9.17) is 0 Å². The van der Waals surface area contributed by atoms with E-state index in [1.54, 1.807) is 0 Å². The summed E-state index contributed by atoms with van der Waals surface area (Å²) in [6.07, 6.45) is 0. The van der Waals surface area contributed by atoms with Gasteiger partial charge in [0.05, 0.1) is 0 Å². The van der Waals surface area contributed by atoms with Gasteiger partial charge in [0.25, 0.3) is 0 Å². The molecule has 0 saturated carbocycles. The van der Waals surface area contributed by atoms with Crippen molar-refractivity contribution >= 4 is 0 Å². The van der Waals surface area contributed by atoms with E-state index in [0.29, 0.717) is 0 Å². The maximum Gasteiger partial charge on any atom is 0 e. The van der Waals surface area contributed by atoms with E-state index >= 15 is 0 Å². The van der Waals surface area contributed by atoms with Crippen molar-refractivity contribution in [3.8, 4) is 0 Å². The quantitative estimate of drug-likeness (QED) is 0.363. The molecule has 0 aliphatic rings. The predicted molar refractivity (Wildman–Crippen MR) is 38.5 cm³/mol. The van der Waals surface area contributed by atoms with Crippen molar-refractivity contribution in [1.82, 2.24) is 0 Å². The topological polar surface area (TPSA) is 0 Å². The van der Waals surface area contributed by atoms with Gasteiger partial charge in [0, 0.05) is 17.1 Å². The molecule has 0 unspecified atom stereocenters. The molecule has 0 amide bonds. The van der Waals surface area contributed by atoms with E-state index in [-0.39, 0.29) is 61.6 Å². The first kappa shape index (κ1) is 1180. The molecule has 55 valence electrons. The van der Waals surface area contributed by atoms with Gasteiger partial charge in [-0.3, -0.25) is 0 Å². The summed E-state index contributed by atoms with van der Waals surface area (Å²) in [6.45, 7) is 0. The maximum absolute atomic E-state index is 0. The van der Waals surface area contributed by atoms with Crippen molar-refractivity contribution in [2.24, 2.45) is 0 Å². The summed E-state index contributed by atoms with van der Waals surface area (Å²) in [7, 11) is 0. The van der Waals surface area contributed by atoms with E-state index in [1.807, 2.05) is 0 Å². The van der Waals surface area contributed by atoms with Crippen LogP contribution in [0.2, 0.25) is 0 Å². The molecule has 0 atom stereocenters. The molecular weight excluding hydrogens is 127 g/mol. The van der Waals surface area contributed by atoms with E-state index in [0.717, 1.165) is 0 Å². The Hall–Kier alpha value is 0.519. The second kappa shape index (κ2) is 736. The fourth-order valence-electron chi connectivity index (χ4n) is 0. The molecule has 0 saturated heterocycles. The Morgan fingerprint density at radius 3 is 0.286 bits per heavy atom. The molecule has 0 heterocycles. The monoisotopic (exact) mass is 145 g/mol. The molecule has 0 fully saturated rings. The van der Waals surface area contributed by atoms with E-state index in [1.165, 1.54) is 0 Å². The molecule has 0 aliphatic heterocycles. The molecule has 0 rings (SSSR count). The van der Waals surface area contributed by atoms with E-state index < -0.39 is 0 Å². The second-order valence-electron chi connectivity index (χ2n) is 0. The van der Waals surface area contributed by atoms with Gasteiger partial charge in [-0.05, 0) is 0 Å². The van der Waals surface area contributed by atoms with Crippen molar-refractivity contribution < 1.29 is 17.1 Å². The minimum Gasteiger partial charge on any atom is -0.358 e. The van der Waals surface area contributed by atoms with Gasteiger partial charge in [-0.2, -0.15) is 0 Å². The Labute approximate surface area is 62.2 Å². The average Bonchev–Trinajstić information content (AvgIpc) is 0. The minimum atomic E-state index is 0. The van der Waals surface area contributed by atoms with Gasteiger partial charge in [0.2, 0.25) is 0 Å². The molecule has 0 N–H and O–H groups in total. The van der Waals surface area contributed by atoms with Crippen LogP contribution in [-0.4, -0.2) is 0 Å². The molecule has 0 aliphatic carbocycles. The van der Waals surface area contributed by atoms with Crippen LogP contribution < -0.4 is 0 Å². The van der Waals surface area contributed by atoms with Crippen molar-refractivity contribution in [2.45, 2.75) is 0 Å². The van der Waals surface area contributed by atoms with Crippen LogP contribution in [0.3, 0.4) is 0 Å². The van der Waals surface area contributed by atoms with Crippen LogP contribution in [0, 0.1) is 44.6 Å². The molecule has 0 aromatic carbocycles. The van der Waals surface area contributed by atoms with E-state index in [2.05, 4.69) is 0 Å². The first-order chi connectivity index (χ1) is 0. The number of hydrogen-bond acceptors (Lipinski definition) is 0.